The first-order chi connectivity index (χ1) is 8.56. The zero-order valence-electron chi connectivity index (χ0n) is 9.33. The van der Waals surface area contributed by atoms with Gasteiger partial charge in [-0.1, -0.05) is 0 Å². The van der Waals surface area contributed by atoms with Crippen LogP contribution in [-0.4, -0.2) is 16.2 Å². The average molecular weight is 245 g/mol. The summed E-state index contributed by atoms with van der Waals surface area (Å²) >= 11 is 0. The highest BCUT2D eigenvalue weighted by atomic mass is 16.5. The van der Waals surface area contributed by atoms with Crippen molar-refractivity contribution < 1.29 is 19.7 Å². The summed E-state index contributed by atoms with van der Waals surface area (Å²) in [5.74, 6) is -0.0440. The number of nitrogens with two attached hydrogens (primary N) is 1. The lowest BCUT2D eigenvalue weighted by atomic mass is 10.2. The number of ether oxygens (including phenoxy) is 1. The lowest BCUT2D eigenvalue weighted by Gasteiger charge is -2.07. The maximum Gasteiger partial charge on any atom is 0.335 e. The van der Waals surface area contributed by atoms with Crippen LogP contribution in [0, 0.1) is 0 Å². The summed E-state index contributed by atoms with van der Waals surface area (Å²) < 4.78 is 5.46. The predicted octanol–water partition coefficient (Wildman–Crippen LogP) is 2.46. The number of benzene rings is 2. The molecule has 0 unspecified atom stereocenters. The van der Waals surface area contributed by atoms with Gasteiger partial charge in [-0.05, 0) is 36.4 Å². The first-order valence-electron chi connectivity index (χ1n) is 5.16. The Morgan fingerprint density at radius 3 is 2.22 bits per heavy atom. The quantitative estimate of drug-likeness (QED) is 0.570. The normalized spacial score (nSPS) is 10.0. The highest BCUT2D eigenvalue weighted by Gasteiger charge is 2.04. The van der Waals surface area contributed by atoms with Gasteiger partial charge in [0, 0.05) is 6.07 Å². The Balaban J connectivity index is 2.18. The number of phenols is 1. The fraction of sp³-hybridized carbons (Fsp3) is 0. The highest BCUT2D eigenvalue weighted by molar-refractivity contribution is 5.87. The van der Waals surface area contributed by atoms with Gasteiger partial charge in [-0.25, -0.2) is 4.79 Å². The molecule has 18 heavy (non-hydrogen) atoms. The number of anilines is 1. The summed E-state index contributed by atoms with van der Waals surface area (Å²) in [4.78, 5) is 10.7. The molecule has 0 atom stereocenters. The van der Waals surface area contributed by atoms with E-state index in [1.54, 1.807) is 18.2 Å². The number of nitrogen functional groups attached to an aromatic ring is 1. The molecule has 92 valence electrons. The van der Waals surface area contributed by atoms with Crippen molar-refractivity contribution >= 4 is 11.7 Å². The van der Waals surface area contributed by atoms with E-state index in [4.69, 9.17) is 15.6 Å². The second kappa shape index (κ2) is 4.67. The van der Waals surface area contributed by atoms with Crippen molar-refractivity contribution in [2.24, 2.45) is 0 Å². The molecule has 0 heterocycles. The molecule has 0 radical (unpaired) electrons. The van der Waals surface area contributed by atoms with Gasteiger partial charge in [0.1, 0.15) is 17.2 Å². The van der Waals surface area contributed by atoms with Gasteiger partial charge < -0.3 is 20.7 Å². The monoisotopic (exact) mass is 245 g/mol. The first kappa shape index (κ1) is 11.8. The molecule has 4 N–H and O–H groups in total. The number of carboxylic acids is 1. The molecule has 0 bridgehead atoms. The smallest absolute Gasteiger partial charge is 0.335 e. The summed E-state index contributed by atoms with van der Waals surface area (Å²) in [7, 11) is 0. The summed E-state index contributed by atoms with van der Waals surface area (Å²) in [5, 5.41) is 18.0. The van der Waals surface area contributed by atoms with E-state index in [1.165, 1.54) is 24.3 Å². The van der Waals surface area contributed by atoms with E-state index in [0.717, 1.165) is 0 Å². The Kier molecular flexibility index (Phi) is 3.05. The average Bonchev–Trinajstić information content (AvgIpc) is 2.34. The second-order valence-corrected chi connectivity index (χ2v) is 3.65. The van der Waals surface area contributed by atoms with E-state index in [0.29, 0.717) is 11.5 Å². The lowest BCUT2D eigenvalue weighted by molar-refractivity contribution is 0.0697. The predicted molar refractivity (Wildman–Crippen MR) is 66.0 cm³/mol. The van der Waals surface area contributed by atoms with Crippen LogP contribution in [0.3, 0.4) is 0 Å². The number of hydrogen-bond donors (Lipinski definition) is 3. The van der Waals surface area contributed by atoms with Gasteiger partial charge in [0.05, 0.1) is 11.3 Å². The third-order valence-corrected chi connectivity index (χ3v) is 2.34. The minimum Gasteiger partial charge on any atom is -0.506 e. The number of carbonyl (C=O) groups is 1. The molecule has 2 aromatic rings. The molecule has 0 aliphatic carbocycles. The second-order valence-electron chi connectivity index (χ2n) is 3.65. The lowest BCUT2D eigenvalue weighted by Crippen LogP contribution is -1.95. The van der Waals surface area contributed by atoms with Crippen molar-refractivity contribution in [3.05, 3.63) is 48.0 Å². The van der Waals surface area contributed by atoms with E-state index < -0.39 is 5.97 Å². The number of phenolic OH excluding ortho intramolecular Hbond substituents is 1. The fourth-order valence-corrected chi connectivity index (χ4v) is 1.40. The molecule has 0 saturated heterocycles. The van der Waals surface area contributed by atoms with Crippen LogP contribution >= 0.6 is 0 Å². The van der Waals surface area contributed by atoms with Crippen LogP contribution in [0.25, 0.3) is 0 Å². The minimum atomic E-state index is -0.990. The molecule has 0 spiro atoms. The third kappa shape index (κ3) is 2.52. The maximum absolute atomic E-state index is 10.7. The fourth-order valence-electron chi connectivity index (χ4n) is 1.40. The molecule has 0 saturated carbocycles. The van der Waals surface area contributed by atoms with Gasteiger partial charge >= 0.3 is 5.97 Å². The summed E-state index contributed by atoms with van der Waals surface area (Å²) in [6, 6.07) is 10.5. The van der Waals surface area contributed by atoms with Crippen molar-refractivity contribution in [3.8, 4) is 17.2 Å². The Morgan fingerprint density at radius 2 is 1.67 bits per heavy atom. The molecule has 0 aliphatic rings. The molecular weight excluding hydrogens is 234 g/mol. The van der Waals surface area contributed by atoms with Gasteiger partial charge in [-0.2, -0.15) is 0 Å². The van der Waals surface area contributed by atoms with E-state index in [9.17, 15) is 9.90 Å². The van der Waals surface area contributed by atoms with Crippen molar-refractivity contribution in [2.75, 3.05) is 5.73 Å². The van der Waals surface area contributed by atoms with Crippen LogP contribution in [0.2, 0.25) is 0 Å². The van der Waals surface area contributed by atoms with Crippen molar-refractivity contribution in [2.45, 2.75) is 0 Å². The van der Waals surface area contributed by atoms with Gasteiger partial charge in [0.2, 0.25) is 0 Å². The number of hydrogen-bond acceptors (Lipinski definition) is 4. The Bertz CT molecular complexity index is 578. The summed E-state index contributed by atoms with van der Waals surface area (Å²) in [6.45, 7) is 0. The summed E-state index contributed by atoms with van der Waals surface area (Å²) in [6.07, 6.45) is 0. The maximum atomic E-state index is 10.7. The zero-order valence-corrected chi connectivity index (χ0v) is 9.33. The molecule has 0 fully saturated rings. The molecule has 5 heteroatoms. The summed E-state index contributed by atoms with van der Waals surface area (Å²) in [5.41, 5.74) is 5.94. The number of carboxylic acid groups (broad SMARTS) is 1. The molecule has 0 amide bonds. The van der Waals surface area contributed by atoms with Crippen LogP contribution < -0.4 is 10.5 Å². The van der Waals surface area contributed by atoms with Gasteiger partial charge in [0.15, 0.2) is 0 Å². The van der Waals surface area contributed by atoms with Gasteiger partial charge in [-0.3, -0.25) is 0 Å². The van der Waals surface area contributed by atoms with Crippen molar-refractivity contribution in [1.82, 2.24) is 0 Å². The van der Waals surface area contributed by atoms with Gasteiger partial charge in [-0.15, -0.1) is 0 Å². The minimum absolute atomic E-state index is 0.0106. The van der Waals surface area contributed by atoms with Crippen LogP contribution in [0.1, 0.15) is 10.4 Å². The highest BCUT2D eigenvalue weighted by Crippen LogP contribution is 2.28. The van der Waals surface area contributed by atoms with Crippen LogP contribution in [0.5, 0.6) is 17.2 Å². The number of rotatable bonds is 3. The topological polar surface area (TPSA) is 92.8 Å². The van der Waals surface area contributed by atoms with Crippen LogP contribution in [0.15, 0.2) is 42.5 Å². The van der Waals surface area contributed by atoms with Crippen molar-refractivity contribution in [1.29, 1.82) is 0 Å². The first-order valence-corrected chi connectivity index (χ1v) is 5.16. The molecule has 0 aliphatic heterocycles. The number of aromatic carboxylic acids is 1. The van der Waals surface area contributed by atoms with E-state index in [2.05, 4.69) is 0 Å². The molecule has 2 aromatic carbocycles. The SMILES string of the molecule is Nc1cc(Oc2ccc(C(=O)O)cc2)ccc1O. The Labute approximate surface area is 103 Å². The Morgan fingerprint density at radius 1 is 1.06 bits per heavy atom. The van der Waals surface area contributed by atoms with E-state index in [1.807, 2.05) is 0 Å². The largest absolute Gasteiger partial charge is 0.506 e. The standard InChI is InChI=1S/C13H11NO4/c14-11-7-10(5-6-12(11)15)18-9-3-1-8(2-4-9)13(16)17/h1-7,15H,14H2,(H,16,17). The molecule has 2 rings (SSSR count). The number of aromatic hydroxyl groups is 1. The molecule has 0 aromatic heterocycles. The molecular formula is C13H11NO4. The Hall–Kier alpha value is -2.69. The zero-order chi connectivity index (χ0) is 13.1. The van der Waals surface area contributed by atoms with E-state index in [-0.39, 0.29) is 17.0 Å². The van der Waals surface area contributed by atoms with Crippen molar-refractivity contribution in [3.63, 3.8) is 0 Å². The third-order valence-electron chi connectivity index (χ3n) is 2.34. The van der Waals surface area contributed by atoms with Gasteiger partial charge in [0.25, 0.3) is 0 Å². The van der Waals surface area contributed by atoms with E-state index >= 15 is 0 Å². The molecule has 5 nitrogen and oxygen atoms in total. The van der Waals surface area contributed by atoms with Crippen LogP contribution in [0.4, 0.5) is 5.69 Å². The van der Waals surface area contributed by atoms with Crippen LogP contribution in [-0.2, 0) is 0 Å².